The molecule has 0 spiro atoms. The third kappa shape index (κ3) is 2.47. The van der Waals surface area contributed by atoms with E-state index in [9.17, 15) is 10.1 Å². The quantitative estimate of drug-likeness (QED) is 0.678. The third-order valence-electron chi connectivity index (χ3n) is 4.53. The van der Waals surface area contributed by atoms with Crippen molar-refractivity contribution < 1.29 is 4.92 Å². The molecule has 3 rings (SSSR count). The Hall–Kier alpha value is -0.980. The SMILES string of the molecule is NC1CC2CCC(C1)N2Cc1cccc([N+](=O)[O-])c1Br. The number of hydrogen-bond donors (Lipinski definition) is 1. The predicted molar refractivity (Wildman–Crippen MR) is 80.4 cm³/mol. The number of fused-ring (bicyclic) bond motifs is 2. The fourth-order valence-electron chi connectivity index (χ4n) is 3.60. The van der Waals surface area contributed by atoms with Crippen LogP contribution in [0.5, 0.6) is 0 Å². The largest absolute Gasteiger partial charge is 0.328 e. The molecular formula is C14H18BrN3O2. The molecule has 20 heavy (non-hydrogen) atoms. The minimum absolute atomic E-state index is 0.142. The van der Waals surface area contributed by atoms with Crippen LogP contribution in [0, 0.1) is 10.1 Å². The first-order valence-electron chi connectivity index (χ1n) is 6.99. The first-order valence-corrected chi connectivity index (χ1v) is 7.78. The maximum Gasteiger partial charge on any atom is 0.283 e. The second-order valence-corrected chi connectivity index (χ2v) is 6.59. The zero-order valence-corrected chi connectivity index (χ0v) is 12.8. The van der Waals surface area contributed by atoms with Gasteiger partial charge in [-0.05, 0) is 47.2 Å². The number of nitrogens with zero attached hydrogens (tertiary/aromatic N) is 2. The van der Waals surface area contributed by atoms with Gasteiger partial charge in [0.1, 0.15) is 0 Å². The number of hydrogen-bond acceptors (Lipinski definition) is 4. The predicted octanol–water partition coefficient (Wildman–Crippen LogP) is 2.81. The number of piperidine rings is 1. The van der Waals surface area contributed by atoms with Gasteiger partial charge in [0.15, 0.2) is 0 Å². The molecule has 2 saturated heterocycles. The van der Waals surface area contributed by atoms with Crippen molar-refractivity contribution in [2.45, 2.75) is 50.4 Å². The number of rotatable bonds is 3. The van der Waals surface area contributed by atoms with E-state index < -0.39 is 0 Å². The summed E-state index contributed by atoms with van der Waals surface area (Å²) < 4.78 is 0.610. The lowest BCUT2D eigenvalue weighted by Gasteiger charge is -2.37. The smallest absolute Gasteiger partial charge is 0.283 e. The molecule has 2 aliphatic heterocycles. The lowest BCUT2D eigenvalue weighted by Crippen LogP contribution is -2.46. The fraction of sp³-hybridized carbons (Fsp3) is 0.571. The van der Waals surface area contributed by atoms with Crippen molar-refractivity contribution in [3.63, 3.8) is 0 Å². The van der Waals surface area contributed by atoms with Crippen LogP contribution in [0.4, 0.5) is 5.69 Å². The molecule has 0 amide bonds. The van der Waals surface area contributed by atoms with Crippen molar-refractivity contribution in [2.24, 2.45) is 5.73 Å². The third-order valence-corrected chi connectivity index (χ3v) is 5.44. The Labute approximate surface area is 126 Å². The molecule has 5 nitrogen and oxygen atoms in total. The van der Waals surface area contributed by atoms with Gasteiger partial charge in [-0.3, -0.25) is 15.0 Å². The molecule has 0 radical (unpaired) electrons. The summed E-state index contributed by atoms with van der Waals surface area (Å²) in [5, 5.41) is 11.0. The average molecular weight is 340 g/mol. The molecule has 1 aromatic carbocycles. The Morgan fingerprint density at radius 2 is 2.00 bits per heavy atom. The molecule has 2 unspecified atom stereocenters. The van der Waals surface area contributed by atoms with Gasteiger partial charge in [-0.1, -0.05) is 12.1 Å². The summed E-state index contributed by atoms with van der Waals surface area (Å²) >= 11 is 3.39. The van der Waals surface area contributed by atoms with Crippen LogP contribution >= 0.6 is 15.9 Å². The van der Waals surface area contributed by atoms with E-state index in [4.69, 9.17) is 5.73 Å². The maximum atomic E-state index is 11.0. The van der Waals surface area contributed by atoms with Crippen LogP contribution in [-0.4, -0.2) is 27.9 Å². The Bertz CT molecular complexity index is 523. The van der Waals surface area contributed by atoms with Crippen molar-refractivity contribution in [1.82, 2.24) is 4.90 Å². The van der Waals surface area contributed by atoms with E-state index in [1.807, 2.05) is 6.07 Å². The van der Waals surface area contributed by atoms with Crippen molar-refractivity contribution in [1.29, 1.82) is 0 Å². The van der Waals surface area contributed by atoms with E-state index in [0.29, 0.717) is 22.6 Å². The van der Waals surface area contributed by atoms with Gasteiger partial charge in [0, 0.05) is 30.7 Å². The second-order valence-electron chi connectivity index (χ2n) is 5.80. The van der Waals surface area contributed by atoms with Crippen LogP contribution in [0.15, 0.2) is 22.7 Å². The Morgan fingerprint density at radius 1 is 1.35 bits per heavy atom. The minimum Gasteiger partial charge on any atom is -0.328 e. The van der Waals surface area contributed by atoms with E-state index in [1.54, 1.807) is 6.07 Å². The monoisotopic (exact) mass is 339 g/mol. The number of nitro groups is 1. The van der Waals surface area contributed by atoms with Gasteiger partial charge in [0.05, 0.1) is 9.40 Å². The zero-order valence-electron chi connectivity index (χ0n) is 11.2. The summed E-state index contributed by atoms with van der Waals surface area (Å²) in [4.78, 5) is 13.1. The van der Waals surface area contributed by atoms with Crippen molar-refractivity contribution >= 4 is 21.6 Å². The molecule has 2 aliphatic rings. The molecule has 0 aromatic heterocycles. The van der Waals surface area contributed by atoms with Gasteiger partial charge >= 0.3 is 0 Å². The first-order chi connectivity index (χ1) is 9.56. The molecule has 2 heterocycles. The highest BCUT2D eigenvalue weighted by Gasteiger charge is 2.39. The van der Waals surface area contributed by atoms with E-state index in [0.717, 1.165) is 24.9 Å². The fourth-order valence-corrected chi connectivity index (χ4v) is 4.13. The molecule has 0 saturated carbocycles. The lowest BCUT2D eigenvalue weighted by molar-refractivity contribution is -0.385. The number of nitrogens with two attached hydrogens (primary N) is 1. The lowest BCUT2D eigenvalue weighted by atomic mass is 9.97. The zero-order chi connectivity index (χ0) is 14.3. The molecule has 1 aromatic rings. The van der Waals surface area contributed by atoms with Crippen LogP contribution in [0.1, 0.15) is 31.2 Å². The number of benzene rings is 1. The maximum absolute atomic E-state index is 11.0. The minimum atomic E-state index is -0.339. The summed E-state index contributed by atoms with van der Waals surface area (Å²) in [5.74, 6) is 0. The Kier molecular flexibility index (Phi) is 3.79. The summed E-state index contributed by atoms with van der Waals surface area (Å²) in [6.45, 7) is 0.768. The topological polar surface area (TPSA) is 72.4 Å². The molecule has 108 valence electrons. The second kappa shape index (κ2) is 5.42. The summed E-state index contributed by atoms with van der Waals surface area (Å²) in [5.41, 5.74) is 7.21. The van der Waals surface area contributed by atoms with Crippen LogP contribution < -0.4 is 5.73 Å². The van der Waals surface area contributed by atoms with Crippen LogP contribution in [-0.2, 0) is 6.54 Å². The normalized spacial score (nSPS) is 29.6. The van der Waals surface area contributed by atoms with Gasteiger partial charge in [-0.15, -0.1) is 0 Å². The molecule has 2 N–H and O–H groups in total. The highest BCUT2D eigenvalue weighted by Crippen LogP contribution is 2.38. The Morgan fingerprint density at radius 3 is 2.60 bits per heavy atom. The van der Waals surface area contributed by atoms with Crippen LogP contribution in [0.2, 0.25) is 0 Å². The molecule has 2 atom stereocenters. The summed E-state index contributed by atoms with van der Waals surface area (Å²) in [6, 6.07) is 6.65. The van der Waals surface area contributed by atoms with Crippen LogP contribution in [0.25, 0.3) is 0 Å². The first kappa shape index (κ1) is 14.0. The van der Waals surface area contributed by atoms with Gasteiger partial charge in [-0.25, -0.2) is 0 Å². The van der Waals surface area contributed by atoms with Crippen molar-refractivity contribution in [2.75, 3.05) is 0 Å². The van der Waals surface area contributed by atoms with Gasteiger partial charge < -0.3 is 5.73 Å². The molecular weight excluding hydrogens is 322 g/mol. The molecule has 0 aliphatic carbocycles. The highest BCUT2D eigenvalue weighted by atomic mass is 79.9. The van der Waals surface area contributed by atoms with E-state index in [1.165, 1.54) is 18.9 Å². The Balaban J connectivity index is 1.82. The molecule has 2 fully saturated rings. The summed E-state index contributed by atoms with van der Waals surface area (Å²) in [6.07, 6.45) is 4.49. The van der Waals surface area contributed by atoms with E-state index in [-0.39, 0.29) is 10.6 Å². The van der Waals surface area contributed by atoms with E-state index >= 15 is 0 Å². The van der Waals surface area contributed by atoms with Crippen LogP contribution in [0.3, 0.4) is 0 Å². The molecule has 6 heteroatoms. The van der Waals surface area contributed by atoms with E-state index in [2.05, 4.69) is 20.8 Å². The molecule has 2 bridgehead atoms. The number of halogens is 1. The van der Waals surface area contributed by atoms with Crippen molar-refractivity contribution in [3.05, 3.63) is 38.3 Å². The standard InChI is InChI=1S/C14H18BrN3O2/c15-14-9(2-1-3-13(14)18(19)20)8-17-11-4-5-12(17)7-10(16)6-11/h1-3,10-12H,4-8,16H2. The summed E-state index contributed by atoms with van der Waals surface area (Å²) in [7, 11) is 0. The van der Waals surface area contributed by atoms with Crippen molar-refractivity contribution in [3.8, 4) is 0 Å². The highest BCUT2D eigenvalue weighted by molar-refractivity contribution is 9.10. The number of nitro benzene ring substituents is 1. The average Bonchev–Trinajstić information content (AvgIpc) is 2.64. The van der Waals surface area contributed by atoms with Gasteiger partial charge in [0.2, 0.25) is 0 Å². The van der Waals surface area contributed by atoms with Gasteiger partial charge in [0.25, 0.3) is 5.69 Å². The van der Waals surface area contributed by atoms with Gasteiger partial charge in [-0.2, -0.15) is 0 Å².